The summed E-state index contributed by atoms with van der Waals surface area (Å²) < 4.78 is 0.304. The van der Waals surface area contributed by atoms with Crippen molar-refractivity contribution in [3.8, 4) is 17.3 Å². The Kier molecular flexibility index (Phi) is 3.23. The zero-order valence-electron chi connectivity index (χ0n) is 8.99. The second-order valence-corrected chi connectivity index (χ2v) is 4.32. The lowest BCUT2D eigenvalue weighted by Gasteiger charge is -2.06. The van der Waals surface area contributed by atoms with Crippen LogP contribution in [0.5, 0.6) is 0 Å². The minimum atomic E-state index is 0.304. The Morgan fingerprint density at radius 2 is 2.24 bits per heavy atom. The van der Waals surface area contributed by atoms with Crippen LogP contribution < -0.4 is 0 Å². The van der Waals surface area contributed by atoms with Crippen LogP contribution in [-0.4, -0.2) is 9.97 Å². The van der Waals surface area contributed by atoms with E-state index >= 15 is 0 Å². The van der Waals surface area contributed by atoms with Crippen molar-refractivity contribution in [3.05, 3.63) is 45.3 Å². The lowest BCUT2D eigenvalue weighted by molar-refractivity contribution is 1.04. The highest BCUT2D eigenvalue weighted by molar-refractivity contribution is 7.71. The maximum Gasteiger partial charge on any atom is 0.148 e. The van der Waals surface area contributed by atoms with E-state index in [9.17, 15) is 0 Å². The van der Waals surface area contributed by atoms with Gasteiger partial charge in [-0.15, -0.1) is 0 Å². The number of aromatic nitrogens is 2. The van der Waals surface area contributed by atoms with Crippen molar-refractivity contribution >= 4 is 23.8 Å². The van der Waals surface area contributed by atoms with Gasteiger partial charge in [0.1, 0.15) is 22.1 Å². The van der Waals surface area contributed by atoms with Gasteiger partial charge in [-0.05, 0) is 19.1 Å². The van der Waals surface area contributed by atoms with Crippen LogP contribution in [0.2, 0.25) is 5.02 Å². The summed E-state index contributed by atoms with van der Waals surface area (Å²) in [7, 11) is 0. The second-order valence-electron chi connectivity index (χ2n) is 3.50. The van der Waals surface area contributed by atoms with Crippen molar-refractivity contribution in [2.75, 3.05) is 0 Å². The smallest absolute Gasteiger partial charge is 0.148 e. The first-order valence-corrected chi connectivity index (χ1v) is 5.67. The monoisotopic (exact) mass is 261 g/mol. The molecule has 1 heterocycles. The molecule has 1 aromatic carbocycles. The summed E-state index contributed by atoms with van der Waals surface area (Å²) in [6, 6.07) is 9.32. The molecule has 5 heteroatoms. The first kappa shape index (κ1) is 11.8. The normalized spacial score (nSPS) is 9.94. The summed E-state index contributed by atoms with van der Waals surface area (Å²) in [4.78, 5) is 7.11. The maximum absolute atomic E-state index is 9.11. The zero-order chi connectivity index (χ0) is 12.4. The molecule has 3 nitrogen and oxygen atoms in total. The number of nitriles is 1. The van der Waals surface area contributed by atoms with E-state index < -0.39 is 0 Å². The number of hydrogen-bond acceptors (Lipinski definition) is 3. The highest BCUT2D eigenvalue weighted by Gasteiger charge is 2.09. The van der Waals surface area contributed by atoms with Crippen molar-refractivity contribution in [2.45, 2.75) is 6.92 Å². The molecule has 0 aliphatic heterocycles. The van der Waals surface area contributed by atoms with E-state index in [1.807, 2.05) is 12.1 Å². The number of H-pyrrole nitrogens is 1. The Morgan fingerprint density at radius 1 is 1.47 bits per heavy atom. The van der Waals surface area contributed by atoms with E-state index in [1.54, 1.807) is 19.1 Å². The molecule has 1 N–H and O–H groups in total. The minimum absolute atomic E-state index is 0.304. The Labute approximate surface area is 109 Å². The molecule has 0 spiro atoms. The molecule has 0 unspecified atom stereocenters. The molecule has 0 atom stereocenters. The summed E-state index contributed by atoms with van der Waals surface area (Å²) in [6.45, 7) is 1.80. The number of halogens is 1. The highest BCUT2D eigenvalue weighted by atomic mass is 35.5. The number of aryl methyl sites for hydroxylation is 1. The predicted octanol–water partition coefficient (Wildman–Crippen LogP) is 3.64. The molecule has 2 aromatic rings. The molecule has 0 aliphatic carbocycles. The minimum Gasteiger partial charge on any atom is -0.342 e. The van der Waals surface area contributed by atoms with Crippen LogP contribution in [0.1, 0.15) is 11.4 Å². The van der Waals surface area contributed by atoms with Crippen molar-refractivity contribution in [1.29, 1.82) is 5.26 Å². The topological polar surface area (TPSA) is 52.5 Å². The predicted molar refractivity (Wildman–Crippen MR) is 69.3 cm³/mol. The number of rotatable bonds is 1. The number of benzene rings is 1. The fraction of sp³-hybridized carbons (Fsp3) is 0.0833. The summed E-state index contributed by atoms with van der Waals surface area (Å²) in [6.07, 6.45) is 0. The average Bonchev–Trinajstić information content (AvgIpc) is 2.28. The van der Waals surface area contributed by atoms with Gasteiger partial charge < -0.3 is 4.98 Å². The summed E-state index contributed by atoms with van der Waals surface area (Å²) >= 11 is 11.0. The van der Waals surface area contributed by atoms with Crippen molar-refractivity contribution in [2.24, 2.45) is 0 Å². The molecule has 1 aromatic heterocycles. The molecule has 0 amide bonds. The summed E-state index contributed by atoms with van der Waals surface area (Å²) in [5, 5.41) is 9.72. The molecule has 0 aliphatic rings. The first-order chi connectivity index (χ1) is 8.11. The highest BCUT2D eigenvalue weighted by Crippen LogP contribution is 2.24. The molecule has 2 rings (SSSR count). The lowest BCUT2D eigenvalue weighted by atomic mass is 10.1. The van der Waals surface area contributed by atoms with Crippen LogP contribution in [0.4, 0.5) is 0 Å². The van der Waals surface area contributed by atoms with Crippen LogP contribution in [0.25, 0.3) is 11.3 Å². The third-order valence-electron chi connectivity index (χ3n) is 2.26. The molecule has 0 saturated carbocycles. The van der Waals surface area contributed by atoms with E-state index in [1.165, 1.54) is 0 Å². The fourth-order valence-corrected chi connectivity index (χ4v) is 2.03. The summed E-state index contributed by atoms with van der Waals surface area (Å²) in [5.74, 6) is 0.670. The van der Waals surface area contributed by atoms with Gasteiger partial charge in [-0.1, -0.05) is 36.0 Å². The Bertz CT molecular complexity index is 670. The van der Waals surface area contributed by atoms with Gasteiger partial charge in [0.25, 0.3) is 0 Å². The Hall–Kier alpha value is -1.70. The van der Waals surface area contributed by atoms with E-state index in [0.29, 0.717) is 26.7 Å². The molecule has 84 valence electrons. The van der Waals surface area contributed by atoms with E-state index in [2.05, 4.69) is 16.0 Å². The van der Waals surface area contributed by atoms with E-state index in [-0.39, 0.29) is 0 Å². The number of aromatic amines is 1. The van der Waals surface area contributed by atoms with Crippen molar-refractivity contribution in [3.63, 3.8) is 0 Å². The fourth-order valence-electron chi connectivity index (χ4n) is 1.55. The van der Waals surface area contributed by atoms with E-state index in [4.69, 9.17) is 29.1 Å². The molecular weight excluding hydrogens is 254 g/mol. The largest absolute Gasteiger partial charge is 0.342 e. The van der Waals surface area contributed by atoms with Gasteiger partial charge in [0, 0.05) is 10.6 Å². The molecule has 0 radical (unpaired) electrons. The lowest BCUT2D eigenvalue weighted by Crippen LogP contribution is -1.97. The quantitative estimate of drug-likeness (QED) is 0.798. The Morgan fingerprint density at radius 3 is 2.88 bits per heavy atom. The second kappa shape index (κ2) is 4.66. The standard InChI is InChI=1S/C12H8ClN3S/c1-7-15-11(10(6-14)12(17)16-7)8-3-2-4-9(13)5-8/h2-5H,1H3,(H,15,16,17). The average molecular weight is 262 g/mol. The van der Waals surface area contributed by atoms with Crippen molar-refractivity contribution in [1.82, 2.24) is 9.97 Å². The number of hydrogen-bond donors (Lipinski definition) is 1. The van der Waals surface area contributed by atoms with Crippen LogP contribution in [0.15, 0.2) is 24.3 Å². The maximum atomic E-state index is 9.11. The molecule has 0 bridgehead atoms. The van der Waals surface area contributed by atoms with Gasteiger partial charge in [-0.25, -0.2) is 4.98 Å². The van der Waals surface area contributed by atoms with Crippen LogP contribution >= 0.6 is 23.8 Å². The van der Waals surface area contributed by atoms with Crippen molar-refractivity contribution < 1.29 is 0 Å². The van der Waals surface area contributed by atoms with Gasteiger partial charge in [0.15, 0.2) is 0 Å². The third kappa shape index (κ3) is 2.36. The van der Waals surface area contributed by atoms with E-state index in [0.717, 1.165) is 5.56 Å². The van der Waals surface area contributed by atoms with Gasteiger partial charge in [-0.3, -0.25) is 0 Å². The van der Waals surface area contributed by atoms with Gasteiger partial charge >= 0.3 is 0 Å². The SMILES string of the molecule is Cc1nc(=S)c(C#N)c(-c2cccc(Cl)c2)[nH]1. The molecule has 0 fully saturated rings. The van der Waals surface area contributed by atoms with Crippen LogP contribution in [-0.2, 0) is 0 Å². The molecule has 17 heavy (non-hydrogen) atoms. The van der Waals surface area contributed by atoms with Gasteiger partial charge in [0.05, 0.1) is 5.69 Å². The van der Waals surface area contributed by atoms with Crippen LogP contribution in [0, 0.1) is 22.9 Å². The number of nitrogens with zero attached hydrogens (tertiary/aromatic N) is 2. The zero-order valence-corrected chi connectivity index (χ0v) is 10.6. The van der Waals surface area contributed by atoms with Crippen LogP contribution in [0.3, 0.4) is 0 Å². The summed E-state index contributed by atoms with van der Waals surface area (Å²) in [5.41, 5.74) is 1.85. The van der Waals surface area contributed by atoms with Gasteiger partial charge in [0.2, 0.25) is 0 Å². The third-order valence-corrected chi connectivity index (χ3v) is 2.79. The first-order valence-electron chi connectivity index (χ1n) is 4.89. The molecule has 0 saturated heterocycles. The van der Waals surface area contributed by atoms with Gasteiger partial charge in [-0.2, -0.15) is 5.26 Å². The Balaban J connectivity index is 2.76. The molecular formula is C12H8ClN3S. The number of nitrogens with one attached hydrogen (secondary N) is 1.